The van der Waals surface area contributed by atoms with Crippen LogP contribution in [-0.2, 0) is 29.2 Å². The van der Waals surface area contributed by atoms with E-state index in [4.69, 9.17) is 13.0 Å². The predicted molar refractivity (Wildman–Crippen MR) is 83.6 cm³/mol. The van der Waals surface area contributed by atoms with Crippen molar-refractivity contribution in [2.24, 2.45) is 0 Å². The maximum Gasteiger partial charge on any atom is 0.534 e. The zero-order chi connectivity index (χ0) is 24.7. The van der Waals surface area contributed by atoms with E-state index in [1.54, 1.807) is 0 Å². The molecule has 0 atom stereocenters. The number of non-ortho nitro benzene ring substituents is 1. The third-order valence-corrected chi connectivity index (χ3v) is 6.42. The van der Waals surface area contributed by atoms with Gasteiger partial charge in [0, 0.05) is 19.2 Å². The van der Waals surface area contributed by atoms with E-state index in [0.717, 1.165) is 0 Å². The molecule has 0 N–H and O–H groups in total. The molecule has 19 heteroatoms. The minimum Gasteiger partial charge on any atom is -0.741 e. The molecule has 0 amide bonds. The van der Waals surface area contributed by atoms with Crippen LogP contribution in [0.2, 0.25) is 0 Å². The van der Waals surface area contributed by atoms with Crippen molar-refractivity contribution in [2.75, 3.05) is 13.7 Å². The fourth-order valence-corrected chi connectivity index (χ4v) is 3.60. The first kappa shape index (κ1) is 29.3. The molecule has 0 saturated heterocycles. The van der Waals surface area contributed by atoms with Crippen LogP contribution < -0.4 is 21.2 Å². The van der Waals surface area contributed by atoms with Gasteiger partial charge in [0.1, 0.15) is 6.61 Å². The quantitative estimate of drug-likeness (QED) is 0.0563. The number of hydrogen-bond acceptors (Lipinski definition) is 9. The minimum absolute atomic E-state index is 0.130. The summed E-state index contributed by atoms with van der Waals surface area (Å²) in [6.07, 6.45) is 0. The number of hydrogen-bond donors (Lipinski definition) is 0. The molecule has 31 heavy (non-hydrogen) atoms. The number of halogens is 7. The highest BCUT2D eigenvalue weighted by atomic mass is 127. The fourth-order valence-electron chi connectivity index (χ4n) is 1.16. The van der Waals surface area contributed by atoms with Gasteiger partial charge in [-0.3, -0.25) is 10.1 Å². The van der Waals surface area contributed by atoms with Crippen LogP contribution in [0.5, 0.6) is 0 Å². The van der Waals surface area contributed by atoms with Gasteiger partial charge in [-0.2, -0.15) is 34.8 Å². The van der Waals surface area contributed by atoms with E-state index < -0.39 is 69.7 Å². The van der Waals surface area contributed by atoms with Gasteiger partial charge in [-0.1, -0.05) is 0 Å². The Kier molecular flexibility index (Phi) is 10.6. The molecule has 0 heterocycles. The van der Waals surface area contributed by atoms with E-state index in [-0.39, 0.29) is 5.69 Å². The van der Waals surface area contributed by atoms with Crippen LogP contribution in [0, 0.1) is 13.7 Å². The first-order chi connectivity index (χ1) is 13.8. The molecule has 0 aliphatic carbocycles. The highest BCUT2D eigenvalue weighted by molar-refractivity contribution is 7.87. The molecule has 0 bridgehead atoms. The second kappa shape index (κ2) is 11.2. The Morgan fingerprint density at radius 3 is 1.84 bits per heavy atom. The Balaban J connectivity index is 0.000000954. The lowest BCUT2D eigenvalue weighted by Crippen LogP contribution is -3.59. The van der Waals surface area contributed by atoms with Crippen molar-refractivity contribution >= 4 is 25.9 Å². The van der Waals surface area contributed by atoms with Gasteiger partial charge in [0.25, 0.3) is 5.69 Å². The van der Waals surface area contributed by atoms with E-state index >= 15 is 0 Å². The van der Waals surface area contributed by atoms with Gasteiger partial charge in [0.2, 0.25) is 4.08 Å². The average molecular weight is 617 g/mol. The molecule has 178 valence electrons. The van der Waals surface area contributed by atoms with Crippen LogP contribution >= 0.6 is 0 Å². The van der Waals surface area contributed by atoms with Crippen LogP contribution in [0.15, 0.2) is 34.1 Å². The fraction of sp³-hybridized carbons (Fsp3) is 0.333. The summed E-state index contributed by atoms with van der Waals surface area (Å²) in [5.41, 5.74) is -11.3. The zero-order valence-corrected chi connectivity index (χ0v) is 18.5. The lowest BCUT2D eigenvalue weighted by atomic mass is 10.3. The molecule has 0 unspecified atom stereocenters. The summed E-state index contributed by atoms with van der Waals surface area (Å²) in [6, 6.07) is 5.35. The third kappa shape index (κ3) is 10.4. The van der Waals surface area contributed by atoms with Crippen molar-refractivity contribution < 1.29 is 82.8 Å². The third-order valence-electron chi connectivity index (χ3n) is 2.41. The second-order valence-corrected chi connectivity index (χ2v) is 10.1. The molecule has 0 saturated carbocycles. The first-order valence-electron chi connectivity index (χ1n) is 6.90. The van der Waals surface area contributed by atoms with Crippen molar-refractivity contribution in [1.82, 2.24) is 0 Å². The van der Waals surface area contributed by atoms with Gasteiger partial charge < -0.3 is 13.5 Å². The van der Waals surface area contributed by atoms with Crippen molar-refractivity contribution in [3.63, 3.8) is 0 Å². The maximum absolute atomic E-state index is 12.3. The van der Waals surface area contributed by atoms with E-state index in [0.29, 0.717) is 3.57 Å². The Bertz CT molecular complexity index is 989. The van der Waals surface area contributed by atoms with Crippen LogP contribution in [0.1, 0.15) is 0 Å². The zero-order valence-electron chi connectivity index (χ0n) is 14.7. The van der Waals surface area contributed by atoms with Gasteiger partial charge in [-0.05, 0) is 12.1 Å². The summed E-state index contributed by atoms with van der Waals surface area (Å²) in [6.45, 7) is -0.456. The standard InChI is InChI=1S/C11H10F3INO6S.CHF3O3S/c1-21-7-10(22-23(19,20)11(12,13)14)6-15-8-2-4-9(5-3-8)16(17)18;2-1(3,4)8(5,6)7/h2-6H,7H2,1H3;(H,5,6,7)/q+1;/p-1/b10-6+;. The van der Waals surface area contributed by atoms with Gasteiger partial charge in [-0.15, -0.1) is 0 Å². The Morgan fingerprint density at radius 1 is 1.06 bits per heavy atom. The van der Waals surface area contributed by atoms with Crippen molar-refractivity contribution in [1.29, 1.82) is 0 Å². The molecule has 1 aromatic carbocycles. The molecule has 1 rings (SSSR count). The summed E-state index contributed by atoms with van der Waals surface area (Å²) in [5.74, 6) is -0.490. The molecular weight excluding hydrogens is 607 g/mol. The number of benzene rings is 1. The Labute approximate surface area is 181 Å². The highest BCUT2D eigenvalue weighted by Crippen LogP contribution is 2.26. The molecule has 0 spiro atoms. The lowest BCUT2D eigenvalue weighted by molar-refractivity contribution is -0.558. The number of nitro benzene ring substituents is 1. The predicted octanol–water partition coefficient (Wildman–Crippen LogP) is -0.741. The second-order valence-electron chi connectivity index (χ2n) is 4.73. The molecule has 0 radical (unpaired) electrons. The van der Waals surface area contributed by atoms with E-state index in [1.807, 2.05) is 0 Å². The van der Waals surface area contributed by atoms with E-state index in [2.05, 4.69) is 8.92 Å². The number of nitro groups is 1. The molecular formula is C12H10F6INO9S2. The molecule has 0 aliphatic heterocycles. The van der Waals surface area contributed by atoms with Crippen LogP contribution in [0.3, 0.4) is 0 Å². The summed E-state index contributed by atoms with van der Waals surface area (Å²) in [4.78, 5) is 9.92. The van der Waals surface area contributed by atoms with Crippen LogP contribution in [0.4, 0.5) is 32.0 Å². The van der Waals surface area contributed by atoms with E-state index in [1.165, 1.54) is 35.5 Å². The number of ether oxygens (including phenoxy) is 1. The minimum atomic E-state index is -6.09. The monoisotopic (exact) mass is 617 g/mol. The van der Waals surface area contributed by atoms with Crippen LogP contribution in [0.25, 0.3) is 0 Å². The Hall–Kier alpha value is -1.71. The number of methoxy groups -OCH3 is 1. The number of nitrogens with zero attached hydrogens (tertiary/aromatic N) is 1. The SMILES string of the molecule is COC/C(=C\[I+]c1ccc([N+](=O)[O-])cc1)OS(=O)(=O)C(F)(F)F.O=S(=O)([O-])C(F)(F)F. The highest BCUT2D eigenvalue weighted by Gasteiger charge is 2.49. The molecule has 10 nitrogen and oxygen atoms in total. The normalized spacial score (nSPS) is 13.2. The first-order valence-corrected chi connectivity index (χ1v) is 12.0. The molecule has 0 fully saturated rings. The van der Waals surface area contributed by atoms with Crippen molar-refractivity contribution in [2.45, 2.75) is 11.0 Å². The van der Waals surface area contributed by atoms with Gasteiger partial charge in [-0.25, -0.2) is 8.42 Å². The van der Waals surface area contributed by atoms with Crippen LogP contribution in [-0.4, -0.2) is 51.0 Å². The van der Waals surface area contributed by atoms with Gasteiger partial charge >= 0.3 is 42.3 Å². The van der Waals surface area contributed by atoms with Gasteiger partial charge in [0.05, 0.1) is 4.92 Å². The van der Waals surface area contributed by atoms with E-state index in [9.17, 15) is 44.9 Å². The maximum atomic E-state index is 12.3. The van der Waals surface area contributed by atoms with Crippen molar-refractivity contribution in [3.05, 3.63) is 47.8 Å². The smallest absolute Gasteiger partial charge is 0.534 e. The summed E-state index contributed by atoms with van der Waals surface area (Å²) in [7, 11) is -10.7. The summed E-state index contributed by atoms with van der Waals surface area (Å²) >= 11 is -1.07. The topological polar surface area (TPSA) is 153 Å². The largest absolute Gasteiger partial charge is 0.741 e. The summed E-state index contributed by atoms with van der Waals surface area (Å²) < 4.78 is 128. The lowest BCUT2D eigenvalue weighted by Gasteiger charge is -2.09. The molecule has 1 aromatic rings. The number of alkyl halides is 6. The van der Waals surface area contributed by atoms with Gasteiger partial charge in [0.15, 0.2) is 19.4 Å². The Morgan fingerprint density at radius 2 is 1.52 bits per heavy atom. The molecule has 0 aliphatic rings. The van der Waals surface area contributed by atoms with Crippen molar-refractivity contribution in [3.8, 4) is 0 Å². The average Bonchev–Trinajstić information content (AvgIpc) is 2.58. The number of rotatable bonds is 7. The summed E-state index contributed by atoms with van der Waals surface area (Å²) in [5, 5.41) is 10.5. The molecule has 0 aromatic heterocycles.